The second-order valence-electron chi connectivity index (χ2n) is 5.92. The van der Waals surface area contributed by atoms with Crippen LogP contribution in [0.3, 0.4) is 0 Å². The summed E-state index contributed by atoms with van der Waals surface area (Å²) in [6, 6.07) is 6.42. The number of aliphatic carboxylic acids is 1. The van der Waals surface area contributed by atoms with E-state index in [1.54, 1.807) is 12.1 Å². The van der Waals surface area contributed by atoms with Crippen LogP contribution in [-0.2, 0) is 17.8 Å². The molecule has 0 spiro atoms. The second kappa shape index (κ2) is 5.91. The van der Waals surface area contributed by atoms with E-state index in [4.69, 9.17) is 5.11 Å². The number of aromatic nitrogens is 2. The fourth-order valence-corrected chi connectivity index (χ4v) is 3.41. The van der Waals surface area contributed by atoms with Crippen molar-refractivity contribution in [2.75, 3.05) is 0 Å². The molecule has 3 rings (SSSR count). The minimum atomic E-state index is -0.761. The van der Waals surface area contributed by atoms with Crippen LogP contribution in [0.25, 0.3) is 0 Å². The quantitative estimate of drug-likeness (QED) is 0.943. The van der Waals surface area contributed by atoms with Crippen molar-refractivity contribution in [1.82, 2.24) is 9.78 Å². The predicted octanol–water partition coefficient (Wildman–Crippen LogP) is 3.27. The lowest BCUT2D eigenvalue weighted by molar-refractivity contribution is -0.137. The van der Waals surface area contributed by atoms with E-state index in [-0.39, 0.29) is 18.2 Å². The monoisotopic (exact) mass is 302 g/mol. The zero-order valence-corrected chi connectivity index (χ0v) is 12.6. The lowest BCUT2D eigenvalue weighted by Gasteiger charge is -2.22. The molecule has 1 N–H and O–H groups in total. The van der Waals surface area contributed by atoms with Gasteiger partial charge in [-0.25, -0.2) is 4.39 Å². The Hall–Kier alpha value is -2.17. The molecule has 1 aliphatic rings. The van der Waals surface area contributed by atoms with Gasteiger partial charge in [0, 0.05) is 5.69 Å². The van der Waals surface area contributed by atoms with E-state index in [0.29, 0.717) is 6.54 Å². The molecule has 0 saturated heterocycles. The molecule has 5 heteroatoms. The summed E-state index contributed by atoms with van der Waals surface area (Å²) < 4.78 is 14.9. The van der Waals surface area contributed by atoms with Crippen LogP contribution in [0.5, 0.6) is 0 Å². The molecule has 116 valence electrons. The van der Waals surface area contributed by atoms with Gasteiger partial charge >= 0.3 is 5.97 Å². The van der Waals surface area contributed by atoms with Gasteiger partial charge in [0.1, 0.15) is 5.82 Å². The van der Waals surface area contributed by atoms with E-state index in [9.17, 15) is 9.18 Å². The summed E-state index contributed by atoms with van der Waals surface area (Å²) in [5.41, 5.74) is 4.16. The van der Waals surface area contributed by atoms with Crippen LogP contribution in [0.1, 0.15) is 47.7 Å². The first-order chi connectivity index (χ1) is 10.5. The molecule has 1 aromatic heterocycles. The molecule has 1 aliphatic carbocycles. The van der Waals surface area contributed by atoms with E-state index in [0.717, 1.165) is 41.8 Å². The Labute approximate surface area is 128 Å². The third-order valence-corrected chi connectivity index (χ3v) is 4.32. The summed E-state index contributed by atoms with van der Waals surface area (Å²) >= 11 is 0. The Kier molecular flexibility index (Phi) is 3.96. The highest BCUT2D eigenvalue weighted by Gasteiger charge is 2.28. The van der Waals surface area contributed by atoms with E-state index in [2.05, 4.69) is 5.10 Å². The summed E-state index contributed by atoms with van der Waals surface area (Å²) in [5.74, 6) is -0.948. The third kappa shape index (κ3) is 2.89. The molecule has 0 saturated carbocycles. The van der Waals surface area contributed by atoms with Crippen molar-refractivity contribution in [3.8, 4) is 0 Å². The SMILES string of the molecule is Cc1nn(Cc2ccc(F)cc2)c2c1C(CC(=O)O)CCC2. The van der Waals surface area contributed by atoms with Gasteiger partial charge in [0.05, 0.1) is 18.7 Å². The number of fused-ring (bicyclic) bond motifs is 1. The molecule has 0 bridgehead atoms. The second-order valence-corrected chi connectivity index (χ2v) is 5.92. The number of nitrogens with zero attached hydrogens (tertiary/aromatic N) is 2. The minimum absolute atomic E-state index is 0.0585. The third-order valence-electron chi connectivity index (χ3n) is 4.32. The fourth-order valence-electron chi connectivity index (χ4n) is 3.41. The lowest BCUT2D eigenvalue weighted by Crippen LogP contribution is -2.16. The highest BCUT2D eigenvalue weighted by Crippen LogP contribution is 2.36. The standard InChI is InChI=1S/C17H19FN2O2/c1-11-17-13(9-16(21)22)3-2-4-15(17)20(19-11)10-12-5-7-14(18)8-6-12/h5-8,13H,2-4,9-10H2,1H3,(H,21,22). The largest absolute Gasteiger partial charge is 0.481 e. The first-order valence-electron chi connectivity index (χ1n) is 7.57. The van der Waals surface area contributed by atoms with Crippen molar-refractivity contribution in [2.45, 2.75) is 45.1 Å². The van der Waals surface area contributed by atoms with E-state index in [1.165, 1.54) is 12.1 Å². The predicted molar refractivity (Wildman–Crippen MR) is 80.4 cm³/mol. The van der Waals surface area contributed by atoms with Crippen molar-refractivity contribution in [3.05, 3.63) is 52.6 Å². The van der Waals surface area contributed by atoms with Gasteiger partial charge in [0.15, 0.2) is 0 Å². The van der Waals surface area contributed by atoms with Crippen LogP contribution in [0.4, 0.5) is 4.39 Å². The summed E-state index contributed by atoms with van der Waals surface area (Å²) in [4.78, 5) is 11.1. The lowest BCUT2D eigenvalue weighted by atomic mass is 9.83. The van der Waals surface area contributed by atoms with Gasteiger partial charge in [-0.2, -0.15) is 5.10 Å². The van der Waals surface area contributed by atoms with Gasteiger partial charge in [-0.1, -0.05) is 12.1 Å². The first-order valence-corrected chi connectivity index (χ1v) is 7.57. The number of aryl methyl sites for hydroxylation is 1. The molecular weight excluding hydrogens is 283 g/mol. The van der Waals surface area contributed by atoms with E-state index in [1.807, 2.05) is 11.6 Å². The highest BCUT2D eigenvalue weighted by molar-refractivity contribution is 5.68. The van der Waals surface area contributed by atoms with Crippen molar-refractivity contribution in [2.24, 2.45) is 0 Å². The number of benzene rings is 1. The van der Waals surface area contributed by atoms with E-state index >= 15 is 0 Å². The number of rotatable bonds is 4. The summed E-state index contributed by atoms with van der Waals surface area (Å²) in [6.45, 7) is 2.54. The van der Waals surface area contributed by atoms with Crippen molar-refractivity contribution >= 4 is 5.97 Å². The molecule has 0 fully saturated rings. The summed E-state index contributed by atoms with van der Waals surface area (Å²) in [7, 11) is 0. The zero-order chi connectivity index (χ0) is 15.7. The van der Waals surface area contributed by atoms with Crippen LogP contribution in [0, 0.1) is 12.7 Å². The molecule has 0 aliphatic heterocycles. The van der Waals surface area contributed by atoms with Crippen molar-refractivity contribution < 1.29 is 14.3 Å². The van der Waals surface area contributed by atoms with Crippen LogP contribution in [0.2, 0.25) is 0 Å². The van der Waals surface area contributed by atoms with E-state index < -0.39 is 5.97 Å². The number of hydrogen-bond acceptors (Lipinski definition) is 2. The molecule has 0 radical (unpaired) electrons. The van der Waals surface area contributed by atoms with Crippen molar-refractivity contribution in [3.63, 3.8) is 0 Å². The number of carbonyl (C=O) groups is 1. The Morgan fingerprint density at radius 3 is 2.82 bits per heavy atom. The number of carboxylic acid groups (broad SMARTS) is 1. The van der Waals surface area contributed by atoms with Crippen LogP contribution >= 0.6 is 0 Å². The maximum atomic E-state index is 13.0. The smallest absolute Gasteiger partial charge is 0.303 e. The Morgan fingerprint density at radius 1 is 1.41 bits per heavy atom. The number of halogens is 1. The summed E-state index contributed by atoms with van der Waals surface area (Å²) in [5, 5.41) is 13.7. The molecule has 2 aromatic rings. The Balaban J connectivity index is 1.91. The van der Waals surface area contributed by atoms with Gasteiger partial charge in [-0.05, 0) is 55.4 Å². The average Bonchev–Trinajstić information content (AvgIpc) is 2.78. The van der Waals surface area contributed by atoms with Gasteiger partial charge < -0.3 is 5.11 Å². The highest BCUT2D eigenvalue weighted by atomic mass is 19.1. The van der Waals surface area contributed by atoms with Gasteiger partial charge in [0.25, 0.3) is 0 Å². The molecule has 22 heavy (non-hydrogen) atoms. The average molecular weight is 302 g/mol. The molecule has 1 aromatic carbocycles. The van der Waals surface area contributed by atoms with Crippen LogP contribution < -0.4 is 0 Å². The van der Waals surface area contributed by atoms with Gasteiger partial charge in [-0.3, -0.25) is 9.48 Å². The minimum Gasteiger partial charge on any atom is -0.481 e. The molecular formula is C17H19FN2O2. The molecule has 4 nitrogen and oxygen atoms in total. The van der Waals surface area contributed by atoms with Crippen molar-refractivity contribution in [1.29, 1.82) is 0 Å². The van der Waals surface area contributed by atoms with Gasteiger partial charge in [-0.15, -0.1) is 0 Å². The summed E-state index contributed by atoms with van der Waals surface area (Å²) in [6.07, 6.45) is 2.98. The number of hydrogen-bond donors (Lipinski definition) is 1. The van der Waals surface area contributed by atoms with Crippen LogP contribution in [0.15, 0.2) is 24.3 Å². The zero-order valence-electron chi connectivity index (χ0n) is 12.6. The number of carboxylic acids is 1. The molecule has 0 amide bonds. The first kappa shape index (κ1) is 14.8. The molecule has 1 atom stereocenters. The van der Waals surface area contributed by atoms with Crippen LogP contribution in [-0.4, -0.2) is 20.9 Å². The molecule has 1 unspecified atom stereocenters. The maximum absolute atomic E-state index is 13.0. The Morgan fingerprint density at radius 2 is 2.14 bits per heavy atom. The Bertz CT molecular complexity index is 691. The normalized spacial score (nSPS) is 17.3. The molecule has 1 heterocycles. The fraction of sp³-hybridized carbons (Fsp3) is 0.412. The topological polar surface area (TPSA) is 55.1 Å². The maximum Gasteiger partial charge on any atom is 0.303 e. The van der Waals surface area contributed by atoms with Gasteiger partial charge in [0.2, 0.25) is 0 Å².